The van der Waals surface area contributed by atoms with Crippen LogP contribution in [-0.2, 0) is 10.0 Å². The van der Waals surface area contributed by atoms with Crippen LogP contribution in [0.4, 0.5) is 11.4 Å². The Morgan fingerprint density at radius 2 is 1.70 bits per heavy atom. The van der Waals surface area contributed by atoms with Crippen molar-refractivity contribution in [1.82, 2.24) is 4.31 Å². The second kappa shape index (κ2) is 7.45. The van der Waals surface area contributed by atoms with Gasteiger partial charge in [-0.2, -0.15) is 4.31 Å². The van der Waals surface area contributed by atoms with Crippen molar-refractivity contribution in [2.75, 3.05) is 30.9 Å². The van der Waals surface area contributed by atoms with Gasteiger partial charge in [-0.05, 0) is 24.3 Å². The SMILES string of the molecule is CCN(CC)S(=O)(=O)c1ccc(C(=O)Nc2cc3c(cc2N)OCO3)cc1. The minimum atomic E-state index is -3.56. The molecule has 0 aromatic heterocycles. The van der Waals surface area contributed by atoms with Crippen molar-refractivity contribution < 1.29 is 22.7 Å². The number of benzene rings is 2. The smallest absolute Gasteiger partial charge is 0.255 e. The number of fused-ring (bicyclic) bond motifs is 1. The molecule has 0 fully saturated rings. The zero-order chi connectivity index (χ0) is 19.6. The molecular weight excluding hydrogens is 370 g/mol. The van der Waals surface area contributed by atoms with Crippen LogP contribution in [0.5, 0.6) is 11.5 Å². The summed E-state index contributed by atoms with van der Waals surface area (Å²) < 4.78 is 36.9. The van der Waals surface area contributed by atoms with E-state index in [0.717, 1.165) is 0 Å². The van der Waals surface area contributed by atoms with E-state index >= 15 is 0 Å². The van der Waals surface area contributed by atoms with Gasteiger partial charge in [0.2, 0.25) is 16.8 Å². The number of anilines is 2. The van der Waals surface area contributed by atoms with Gasteiger partial charge in [0.05, 0.1) is 16.3 Å². The summed E-state index contributed by atoms with van der Waals surface area (Å²) in [5, 5.41) is 2.70. The van der Waals surface area contributed by atoms with Crippen LogP contribution in [0.15, 0.2) is 41.3 Å². The van der Waals surface area contributed by atoms with Gasteiger partial charge in [-0.25, -0.2) is 8.42 Å². The van der Waals surface area contributed by atoms with Crippen LogP contribution in [-0.4, -0.2) is 38.5 Å². The molecule has 0 aliphatic carbocycles. The van der Waals surface area contributed by atoms with E-state index < -0.39 is 15.9 Å². The Kier molecular flexibility index (Phi) is 5.24. The highest BCUT2D eigenvalue weighted by atomic mass is 32.2. The quantitative estimate of drug-likeness (QED) is 0.731. The van der Waals surface area contributed by atoms with Gasteiger partial charge in [0.15, 0.2) is 11.5 Å². The van der Waals surface area contributed by atoms with Gasteiger partial charge in [0, 0.05) is 30.8 Å². The number of nitrogen functional groups attached to an aromatic ring is 1. The second-order valence-corrected chi connectivity index (χ2v) is 7.80. The lowest BCUT2D eigenvalue weighted by molar-refractivity contribution is 0.102. The molecule has 0 saturated heterocycles. The zero-order valence-corrected chi connectivity index (χ0v) is 15.9. The summed E-state index contributed by atoms with van der Waals surface area (Å²) >= 11 is 0. The molecule has 0 unspecified atom stereocenters. The average molecular weight is 391 g/mol. The highest BCUT2D eigenvalue weighted by molar-refractivity contribution is 7.89. The van der Waals surface area contributed by atoms with E-state index in [9.17, 15) is 13.2 Å². The summed E-state index contributed by atoms with van der Waals surface area (Å²) in [4.78, 5) is 12.6. The standard InChI is InChI=1S/C18H21N3O5S/c1-3-21(4-2)27(23,24)13-7-5-12(6-8-13)18(22)20-15-10-17-16(9-14(15)19)25-11-26-17/h5-10H,3-4,11,19H2,1-2H3,(H,20,22). The number of nitrogens with one attached hydrogen (secondary N) is 1. The third kappa shape index (κ3) is 3.69. The van der Waals surface area contributed by atoms with Crippen LogP contribution in [0.25, 0.3) is 0 Å². The number of hydrogen-bond donors (Lipinski definition) is 2. The molecule has 1 aliphatic heterocycles. The van der Waals surface area contributed by atoms with Gasteiger partial charge in [-0.1, -0.05) is 13.8 Å². The number of nitrogens with zero attached hydrogens (tertiary/aromatic N) is 1. The molecule has 0 bridgehead atoms. The summed E-state index contributed by atoms with van der Waals surface area (Å²) in [7, 11) is -3.56. The predicted molar refractivity (Wildman–Crippen MR) is 101 cm³/mol. The van der Waals surface area contributed by atoms with E-state index in [4.69, 9.17) is 15.2 Å². The van der Waals surface area contributed by atoms with Crippen molar-refractivity contribution in [3.8, 4) is 11.5 Å². The predicted octanol–water partition coefficient (Wildman–Crippen LogP) is 2.28. The Balaban J connectivity index is 1.79. The molecule has 0 radical (unpaired) electrons. The van der Waals surface area contributed by atoms with Gasteiger partial charge in [-0.15, -0.1) is 0 Å². The first-order valence-electron chi connectivity index (χ1n) is 8.47. The van der Waals surface area contributed by atoms with Crippen molar-refractivity contribution in [3.63, 3.8) is 0 Å². The van der Waals surface area contributed by atoms with Gasteiger partial charge < -0.3 is 20.5 Å². The molecular formula is C18H21N3O5S. The highest BCUT2D eigenvalue weighted by Crippen LogP contribution is 2.38. The largest absolute Gasteiger partial charge is 0.454 e. The minimum absolute atomic E-state index is 0.106. The van der Waals surface area contributed by atoms with Crippen LogP contribution in [0, 0.1) is 0 Å². The number of rotatable bonds is 6. The van der Waals surface area contributed by atoms with Crippen molar-refractivity contribution in [2.24, 2.45) is 0 Å². The van der Waals surface area contributed by atoms with Crippen molar-refractivity contribution in [1.29, 1.82) is 0 Å². The highest BCUT2D eigenvalue weighted by Gasteiger charge is 2.22. The van der Waals surface area contributed by atoms with Crippen molar-refractivity contribution >= 4 is 27.3 Å². The molecule has 144 valence electrons. The maximum Gasteiger partial charge on any atom is 0.255 e. The van der Waals surface area contributed by atoms with Crippen LogP contribution in [0.3, 0.4) is 0 Å². The fourth-order valence-electron chi connectivity index (χ4n) is 2.75. The number of hydrogen-bond acceptors (Lipinski definition) is 6. The molecule has 0 spiro atoms. The topological polar surface area (TPSA) is 111 Å². The van der Waals surface area contributed by atoms with E-state index in [1.54, 1.807) is 26.0 Å². The number of ether oxygens (including phenoxy) is 2. The van der Waals surface area contributed by atoms with Gasteiger partial charge in [0.25, 0.3) is 5.91 Å². The minimum Gasteiger partial charge on any atom is -0.454 e. The van der Waals surface area contributed by atoms with Crippen molar-refractivity contribution in [3.05, 3.63) is 42.0 Å². The third-order valence-corrected chi connectivity index (χ3v) is 6.32. The lowest BCUT2D eigenvalue weighted by atomic mass is 10.2. The molecule has 2 aromatic rings. The van der Waals surface area contributed by atoms with Gasteiger partial charge in [-0.3, -0.25) is 4.79 Å². The second-order valence-electron chi connectivity index (χ2n) is 5.86. The van der Waals surface area contributed by atoms with E-state index in [1.165, 1.54) is 28.6 Å². The normalized spacial score (nSPS) is 13.0. The first-order chi connectivity index (χ1) is 12.9. The van der Waals surface area contributed by atoms with E-state index in [0.29, 0.717) is 41.5 Å². The fraction of sp³-hybridized carbons (Fsp3) is 0.278. The molecule has 0 saturated carbocycles. The summed E-state index contributed by atoms with van der Waals surface area (Å²) in [6.07, 6.45) is 0. The third-order valence-electron chi connectivity index (χ3n) is 4.25. The Hall–Kier alpha value is -2.78. The number of nitrogens with two attached hydrogens (primary N) is 1. The van der Waals surface area contributed by atoms with E-state index in [2.05, 4.69) is 5.32 Å². The van der Waals surface area contributed by atoms with E-state index in [-0.39, 0.29) is 11.7 Å². The maximum atomic E-state index is 12.5. The summed E-state index contributed by atoms with van der Waals surface area (Å²) in [5.74, 6) is 0.615. The lowest BCUT2D eigenvalue weighted by Crippen LogP contribution is -2.30. The molecule has 3 N–H and O–H groups in total. The van der Waals surface area contributed by atoms with Crippen LogP contribution >= 0.6 is 0 Å². The van der Waals surface area contributed by atoms with Crippen LogP contribution < -0.4 is 20.5 Å². The first-order valence-corrected chi connectivity index (χ1v) is 9.91. The Labute approximate surface area is 157 Å². The van der Waals surface area contributed by atoms with Crippen LogP contribution in [0.1, 0.15) is 24.2 Å². The molecule has 1 amide bonds. The number of amides is 1. The molecule has 1 aliphatic rings. The Morgan fingerprint density at radius 1 is 1.11 bits per heavy atom. The maximum absolute atomic E-state index is 12.5. The van der Waals surface area contributed by atoms with E-state index in [1.807, 2.05) is 0 Å². The summed E-state index contributed by atoms with van der Waals surface area (Å²) in [6.45, 7) is 4.42. The monoisotopic (exact) mass is 391 g/mol. The van der Waals surface area contributed by atoms with Gasteiger partial charge in [0.1, 0.15) is 0 Å². The molecule has 1 heterocycles. The molecule has 3 rings (SSSR count). The van der Waals surface area contributed by atoms with Crippen molar-refractivity contribution in [2.45, 2.75) is 18.7 Å². The lowest BCUT2D eigenvalue weighted by Gasteiger charge is -2.18. The Morgan fingerprint density at radius 3 is 2.30 bits per heavy atom. The molecule has 9 heteroatoms. The summed E-state index contributed by atoms with van der Waals surface area (Å²) in [6, 6.07) is 8.95. The zero-order valence-electron chi connectivity index (χ0n) is 15.1. The summed E-state index contributed by atoms with van der Waals surface area (Å²) in [5.41, 5.74) is 6.97. The molecule has 8 nitrogen and oxygen atoms in total. The van der Waals surface area contributed by atoms with Crippen LogP contribution in [0.2, 0.25) is 0 Å². The fourth-order valence-corrected chi connectivity index (χ4v) is 4.21. The average Bonchev–Trinajstić information content (AvgIpc) is 3.10. The number of sulfonamides is 1. The van der Waals surface area contributed by atoms with Gasteiger partial charge >= 0.3 is 0 Å². The molecule has 27 heavy (non-hydrogen) atoms. The first kappa shape index (κ1) is 19.0. The molecule has 0 atom stereocenters. The number of carbonyl (C=O) groups excluding carboxylic acids is 1. The number of carbonyl (C=O) groups is 1. The Bertz CT molecular complexity index is 954. The molecule has 2 aromatic carbocycles.